The molecule has 0 unspecified atom stereocenters. The van der Waals surface area contributed by atoms with Crippen molar-refractivity contribution in [2.75, 3.05) is 12.4 Å². The lowest BCUT2D eigenvalue weighted by molar-refractivity contribution is -0.137. The Labute approximate surface area is 162 Å². The van der Waals surface area contributed by atoms with Gasteiger partial charge in [0.25, 0.3) is 0 Å². The third-order valence-electron chi connectivity index (χ3n) is 3.76. The summed E-state index contributed by atoms with van der Waals surface area (Å²) in [5, 5.41) is 6.25. The number of hydrogen-bond acceptors (Lipinski definition) is 4. The first kappa shape index (κ1) is 19.7. The van der Waals surface area contributed by atoms with E-state index in [9.17, 15) is 18.0 Å². The highest BCUT2D eigenvalue weighted by Crippen LogP contribution is 2.34. The number of urea groups is 1. The number of carbonyl (C=O) groups excluding carboxylic acids is 1. The SMILES string of the molecule is CN(Cc1cc(-c2ccccn2)no1)C(=O)Nc1cc(C(F)(F)F)ccc1Cl. The Balaban J connectivity index is 1.68. The Morgan fingerprint density at radius 3 is 2.68 bits per heavy atom. The summed E-state index contributed by atoms with van der Waals surface area (Å²) in [6.07, 6.45) is -2.93. The van der Waals surface area contributed by atoms with Crippen LogP contribution >= 0.6 is 11.6 Å². The maximum Gasteiger partial charge on any atom is 0.416 e. The maximum atomic E-state index is 12.8. The molecule has 3 rings (SSSR count). The number of rotatable bonds is 4. The van der Waals surface area contributed by atoms with E-state index < -0.39 is 17.8 Å². The van der Waals surface area contributed by atoms with Crippen molar-refractivity contribution < 1.29 is 22.5 Å². The van der Waals surface area contributed by atoms with Crippen LogP contribution in [0.2, 0.25) is 5.02 Å². The Kier molecular flexibility index (Phi) is 5.55. The van der Waals surface area contributed by atoms with E-state index in [2.05, 4.69) is 15.5 Å². The molecule has 0 saturated carbocycles. The molecular formula is C18H14ClF3N4O2. The third-order valence-corrected chi connectivity index (χ3v) is 4.09. The van der Waals surface area contributed by atoms with Gasteiger partial charge in [-0.3, -0.25) is 4.98 Å². The zero-order valence-electron chi connectivity index (χ0n) is 14.5. The molecule has 146 valence electrons. The first-order chi connectivity index (χ1) is 13.2. The molecule has 10 heteroatoms. The van der Waals surface area contributed by atoms with Crippen LogP contribution in [0.3, 0.4) is 0 Å². The quantitative estimate of drug-likeness (QED) is 0.651. The summed E-state index contributed by atoms with van der Waals surface area (Å²) in [4.78, 5) is 17.7. The van der Waals surface area contributed by atoms with Crippen molar-refractivity contribution in [3.05, 3.63) is 65.0 Å². The highest BCUT2D eigenvalue weighted by Gasteiger charge is 2.31. The van der Waals surface area contributed by atoms with Crippen molar-refractivity contribution in [3.63, 3.8) is 0 Å². The van der Waals surface area contributed by atoms with Gasteiger partial charge in [-0.05, 0) is 30.3 Å². The van der Waals surface area contributed by atoms with E-state index in [-0.39, 0.29) is 17.3 Å². The first-order valence-electron chi connectivity index (χ1n) is 8.00. The van der Waals surface area contributed by atoms with Gasteiger partial charge in [-0.1, -0.05) is 22.8 Å². The predicted octanol–water partition coefficient (Wildman–Crippen LogP) is 5.07. The molecule has 1 N–H and O–H groups in total. The fraction of sp³-hybridized carbons (Fsp3) is 0.167. The Hall–Kier alpha value is -3.07. The van der Waals surface area contributed by atoms with Gasteiger partial charge in [0, 0.05) is 19.3 Å². The number of hydrogen-bond donors (Lipinski definition) is 1. The number of nitrogens with one attached hydrogen (secondary N) is 1. The molecule has 28 heavy (non-hydrogen) atoms. The number of nitrogens with zero attached hydrogens (tertiary/aromatic N) is 3. The normalized spacial score (nSPS) is 11.3. The standard InChI is InChI=1S/C18H14ClF3N4O2/c1-26(10-12-9-16(25-28-12)14-4-2-3-7-23-14)17(27)24-15-8-11(18(20,21)22)5-6-13(15)19/h2-9H,10H2,1H3,(H,24,27). The molecule has 0 spiro atoms. The Morgan fingerprint density at radius 2 is 2.00 bits per heavy atom. The molecule has 0 radical (unpaired) electrons. The van der Waals surface area contributed by atoms with E-state index in [4.69, 9.17) is 16.1 Å². The molecule has 3 aromatic rings. The number of pyridine rings is 1. The number of anilines is 1. The van der Waals surface area contributed by atoms with Crippen molar-refractivity contribution in [1.29, 1.82) is 0 Å². The minimum Gasteiger partial charge on any atom is -0.359 e. The molecule has 1 aromatic carbocycles. The summed E-state index contributed by atoms with van der Waals surface area (Å²) in [6.45, 7) is 0.0439. The summed E-state index contributed by atoms with van der Waals surface area (Å²) >= 11 is 5.89. The minimum absolute atomic E-state index is 0.00754. The predicted molar refractivity (Wildman–Crippen MR) is 96.7 cm³/mol. The second-order valence-electron chi connectivity index (χ2n) is 5.87. The fourth-order valence-electron chi connectivity index (χ4n) is 2.34. The summed E-state index contributed by atoms with van der Waals surface area (Å²) in [7, 11) is 1.46. The van der Waals surface area contributed by atoms with Crippen molar-refractivity contribution in [2.45, 2.75) is 12.7 Å². The van der Waals surface area contributed by atoms with Crippen LogP contribution < -0.4 is 5.32 Å². The third kappa shape index (κ3) is 4.61. The van der Waals surface area contributed by atoms with E-state index in [0.29, 0.717) is 17.1 Å². The van der Waals surface area contributed by atoms with Crippen LogP contribution in [0.5, 0.6) is 0 Å². The molecule has 6 nitrogen and oxygen atoms in total. The lowest BCUT2D eigenvalue weighted by Gasteiger charge is -2.17. The lowest BCUT2D eigenvalue weighted by atomic mass is 10.2. The first-order valence-corrected chi connectivity index (χ1v) is 8.37. The monoisotopic (exact) mass is 410 g/mol. The van der Waals surface area contributed by atoms with Gasteiger partial charge in [-0.25, -0.2) is 4.79 Å². The topological polar surface area (TPSA) is 71.3 Å². The molecular weight excluding hydrogens is 397 g/mol. The van der Waals surface area contributed by atoms with Crippen LogP contribution in [0.25, 0.3) is 11.4 Å². The van der Waals surface area contributed by atoms with E-state index in [1.54, 1.807) is 30.5 Å². The largest absolute Gasteiger partial charge is 0.416 e. The number of aromatic nitrogens is 2. The van der Waals surface area contributed by atoms with Crippen LogP contribution in [-0.2, 0) is 12.7 Å². The number of amides is 2. The van der Waals surface area contributed by atoms with Crippen LogP contribution in [0.4, 0.5) is 23.7 Å². The second kappa shape index (κ2) is 7.89. The van der Waals surface area contributed by atoms with Gasteiger partial charge in [-0.15, -0.1) is 0 Å². The van der Waals surface area contributed by atoms with E-state index in [0.717, 1.165) is 18.2 Å². The van der Waals surface area contributed by atoms with E-state index in [1.807, 2.05) is 0 Å². The van der Waals surface area contributed by atoms with Gasteiger partial charge in [0.05, 0.1) is 28.5 Å². The summed E-state index contributed by atoms with van der Waals surface area (Å²) in [6, 6.07) is 9.00. The smallest absolute Gasteiger partial charge is 0.359 e. The number of alkyl halides is 3. The average molecular weight is 411 g/mol. The van der Waals surface area contributed by atoms with Crippen LogP contribution in [-0.4, -0.2) is 28.1 Å². The molecule has 0 saturated heterocycles. The Bertz CT molecular complexity index is 976. The van der Waals surface area contributed by atoms with E-state index >= 15 is 0 Å². The number of benzene rings is 1. The number of carbonyl (C=O) groups is 1. The fourth-order valence-corrected chi connectivity index (χ4v) is 2.50. The summed E-state index contributed by atoms with van der Waals surface area (Å²) < 4.78 is 43.7. The highest BCUT2D eigenvalue weighted by atomic mass is 35.5. The van der Waals surface area contributed by atoms with Crippen LogP contribution in [0.15, 0.2) is 53.2 Å². The van der Waals surface area contributed by atoms with Gasteiger partial charge in [0.1, 0.15) is 5.69 Å². The maximum absolute atomic E-state index is 12.8. The molecule has 0 atom stereocenters. The molecule has 2 heterocycles. The van der Waals surface area contributed by atoms with Crippen LogP contribution in [0, 0.1) is 0 Å². The van der Waals surface area contributed by atoms with Crippen molar-refractivity contribution in [1.82, 2.24) is 15.0 Å². The van der Waals surface area contributed by atoms with E-state index in [1.165, 1.54) is 11.9 Å². The van der Waals surface area contributed by atoms with Crippen molar-refractivity contribution in [3.8, 4) is 11.4 Å². The van der Waals surface area contributed by atoms with Crippen molar-refractivity contribution in [2.24, 2.45) is 0 Å². The second-order valence-corrected chi connectivity index (χ2v) is 6.28. The number of halogens is 4. The summed E-state index contributed by atoms with van der Waals surface area (Å²) in [5.74, 6) is 0.383. The molecule has 2 aromatic heterocycles. The molecule has 2 amide bonds. The minimum atomic E-state index is -4.54. The molecule has 0 bridgehead atoms. The van der Waals surface area contributed by atoms with Gasteiger partial charge in [0.2, 0.25) is 0 Å². The summed E-state index contributed by atoms with van der Waals surface area (Å²) in [5.41, 5.74) is 0.0656. The molecule has 0 aliphatic rings. The van der Waals surface area contributed by atoms with Gasteiger partial charge < -0.3 is 14.7 Å². The van der Waals surface area contributed by atoms with Crippen LogP contribution in [0.1, 0.15) is 11.3 Å². The van der Waals surface area contributed by atoms with Gasteiger partial charge in [-0.2, -0.15) is 13.2 Å². The van der Waals surface area contributed by atoms with Crippen molar-refractivity contribution >= 4 is 23.3 Å². The lowest BCUT2D eigenvalue weighted by Crippen LogP contribution is -2.30. The van der Waals surface area contributed by atoms with Gasteiger partial charge >= 0.3 is 12.2 Å². The van der Waals surface area contributed by atoms with Gasteiger partial charge in [0.15, 0.2) is 5.76 Å². The molecule has 0 aliphatic carbocycles. The molecule has 0 fully saturated rings. The zero-order valence-corrected chi connectivity index (χ0v) is 15.3. The Morgan fingerprint density at radius 1 is 1.21 bits per heavy atom. The average Bonchev–Trinajstić information content (AvgIpc) is 3.11. The molecule has 0 aliphatic heterocycles. The highest BCUT2D eigenvalue weighted by molar-refractivity contribution is 6.33. The zero-order chi connectivity index (χ0) is 20.3.